The molecule has 0 aromatic carbocycles. The molecule has 0 fully saturated rings. The van der Waals surface area contributed by atoms with Gasteiger partial charge in [0.05, 0.1) is 13.2 Å². The number of carbonyl (C=O) groups excluding carboxylic acids is 1. The van der Waals surface area contributed by atoms with Crippen LogP contribution in [0.1, 0.15) is 155 Å². The highest BCUT2D eigenvalue weighted by Crippen LogP contribution is 2.10. The van der Waals surface area contributed by atoms with Gasteiger partial charge in [0, 0.05) is 13.0 Å². The molecule has 4 nitrogen and oxygen atoms in total. The van der Waals surface area contributed by atoms with Crippen molar-refractivity contribution in [1.82, 2.24) is 0 Å². The Hall–Kier alpha value is -2.43. The summed E-state index contributed by atoms with van der Waals surface area (Å²) in [7, 11) is 0. The molecular formula is C43H72O4. The summed E-state index contributed by atoms with van der Waals surface area (Å²) in [4.78, 5) is 12.2. The standard InChI is InChI=1S/C43H72O4/c1-3-5-7-9-11-13-15-17-19-20-21-22-23-24-25-26-28-30-32-34-36-38-43(45)47-42(40-44)41-46-39-37-35-33-31-29-27-18-16-14-12-10-8-6-4-2/h5,7,11,13-14,16-17,19,21-22,24-25,28,30,42,44H,3-4,6,8-10,12,15,18,20,23,26-27,29,31-41H2,1-2H3/b7-5-,13-11-,16-14-,19-17-,22-21-,25-24-,30-28-. The van der Waals surface area contributed by atoms with Crippen LogP contribution in [-0.4, -0.2) is 37.0 Å². The first-order valence-electron chi connectivity index (χ1n) is 19.2. The van der Waals surface area contributed by atoms with Crippen molar-refractivity contribution in [3.05, 3.63) is 85.1 Å². The zero-order valence-electron chi connectivity index (χ0n) is 30.5. The van der Waals surface area contributed by atoms with Crippen LogP contribution in [0.3, 0.4) is 0 Å². The Bertz CT molecular complexity index is 861. The lowest BCUT2D eigenvalue weighted by atomic mass is 10.1. The predicted octanol–water partition coefficient (Wildman–Crippen LogP) is 12.4. The lowest BCUT2D eigenvalue weighted by Crippen LogP contribution is -2.27. The van der Waals surface area contributed by atoms with Crippen molar-refractivity contribution >= 4 is 5.97 Å². The summed E-state index contributed by atoms with van der Waals surface area (Å²) in [5.41, 5.74) is 0. The lowest BCUT2D eigenvalue weighted by molar-refractivity contribution is -0.154. The fourth-order valence-corrected chi connectivity index (χ4v) is 4.85. The van der Waals surface area contributed by atoms with Crippen molar-refractivity contribution in [3.8, 4) is 0 Å². The zero-order chi connectivity index (χ0) is 34.1. The molecule has 1 unspecified atom stereocenters. The number of hydrogen-bond acceptors (Lipinski definition) is 4. The molecule has 0 heterocycles. The molecule has 0 aliphatic carbocycles. The Morgan fingerprint density at radius 1 is 0.532 bits per heavy atom. The van der Waals surface area contributed by atoms with E-state index in [2.05, 4.69) is 98.9 Å². The number of aliphatic hydroxyl groups excluding tert-OH is 1. The van der Waals surface area contributed by atoms with E-state index in [0.717, 1.165) is 70.6 Å². The van der Waals surface area contributed by atoms with E-state index < -0.39 is 6.10 Å². The van der Waals surface area contributed by atoms with Crippen LogP contribution in [0, 0.1) is 0 Å². The third kappa shape index (κ3) is 37.9. The summed E-state index contributed by atoms with van der Waals surface area (Å²) in [5, 5.41) is 9.56. The average Bonchev–Trinajstić information content (AvgIpc) is 3.08. The quantitative estimate of drug-likeness (QED) is 0.0427. The van der Waals surface area contributed by atoms with Crippen molar-refractivity contribution in [1.29, 1.82) is 0 Å². The number of aliphatic hydroxyl groups is 1. The van der Waals surface area contributed by atoms with Crippen LogP contribution in [-0.2, 0) is 14.3 Å². The van der Waals surface area contributed by atoms with Gasteiger partial charge in [-0.25, -0.2) is 0 Å². The Morgan fingerprint density at radius 3 is 1.47 bits per heavy atom. The molecule has 0 aliphatic heterocycles. The molecule has 0 bridgehead atoms. The van der Waals surface area contributed by atoms with Crippen LogP contribution in [0.2, 0.25) is 0 Å². The average molecular weight is 653 g/mol. The van der Waals surface area contributed by atoms with Gasteiger partial charge in [-0.2, -0.15) is 0 Å². The molecule has 0 rings (SSSR count). The van der Waals surface area contributed by atoms with Gasteiger partial charge in [-0.1, -0.05) is 144 Å². The number of unbranched alkanes of at least 4 members (excludes halogenated alkanes) is 12. The fourth-order valence-electron chi connectivity index (χ4n) is 4.85. The molecule has 0 radical (unpaired) electrons. The van der Waals surface area contributed by atoms with E-state index in [1.54, 1.807) is 0 Å². The van der Waals surface area contributed by atoms with Gasteiger partial charge in [0.15, 0.2) is 0 Å². The molecule has 0 saturated heterocycles. The Kier molecular flexibility index (Phi) is 37.7. The maximum atomic E-state index is 12.2. The maximum Gasteiger partial charge on any atom is 0.306 e. The van der Waals surface area contributed by atoms with Crippen LogP contribution >= 0.6 is 0 Å². The molecule has 268 valence electrons. The van der Waals surface area contributed by atoms with Gasteiger partial charge in [0.2, 0.25) is 0 Å². The number of ether oxygens (including phenoxy) is 2. The Morgan fingerprint density at radius 2 is 0.957 bits per heavy atom. The SMILES string of the molecule is CC/C=C\C/C=C\C/C=C\C/C=C\C/C=C\C/C=C\CCCCC(=O)OC(CO)COCCCCCCCC/C=C\CCCCCC. The summed E-state index contributed by atoms with van der Waals surface area (Å²) < 4.78 is 11.1. The second-order valence-corrected chi connectivity index (χ2v) is 12.3. The molecule has 0 amide bonds. The molecule has 4 heteroatoms. The second-order valence-electron chi connectivity index (χ2n) is 12.3. The first-order valence-corrected chi connectivity index (χ1v) is 19.2. The van der Waals surface area contributed by atoms with Gasteiger partial charge >= 0.3 is 5.97 Å². The molecule has 0 saturated carbocycles. The van der Waals surface area contributed by atoms with Crippen LogP contribution in [0.15, 0.2) is 85.1 Å². The summed E-state index contributed by atoms with van der Waals surface area (Å²) in [6.07, 6.45) is 54.8. The Balaban J connectivity index is 3.61. The molecule has 47 heavy (non-hydrogen) atoms. The van der Waals surface area contributed by atoms with E-state index in [1.165, 1.54) is 64.2 Å². The highest BCUT2D eigenvalue weighted by atomic mass is 16.6. The topological polar surface area (TPSA) is 55.8 Å². The normalized spacial score (nSPS) is 13.3. The number of esters is 1. The molecular weight excluding hydrogens is 580 g/mol. The fraction of sp³-hybridized carbons (Fsp3) is 0.651. The third-order valence-corrected chi connectivity index (χ3v) is 7.70. The second kappa shape index (κ2) is 39.7. The number of rotatable bonds is 34. The van der Waals surface area contributed by atoms with E-state index in [-0.39, 0.29) is 19.2 Å². The number of hydrogen-bond donors (Lipinski definition) is 1. The van der Waals surface area contributed by atoms with Gasteiger partial charge in [-0.15, -0.1) is 0 Å². The summed E-state index contributed by atoms with van der Waals surface area (Å²) in [6.45, 7) is 5.14. The smallest absolute Gasteiger partial charge is 0.306 e. The van der Waals surface area contributed by atoms with E-state index in [1.807, 2.05) is 0 Å². The summed E-state index contributed by atoms with van der Waals surface area (Å²) in [6, 6.07) is 0. The minimum Gasteiger partial charge on any atom is -0.457 e. The summed E-state index contributed by atoms with van der Waals surface area (Å²) in [5.74, 6) is -0.248. The first kappa shape index (κ1) is 44.6. The van der Waals surface area contributed by atoms with E-state index in [9.17, 15) is 9.90 Å². The van der Waals surface area contributed by atoms with Crippen LogP contribution in [0.4, 0.5) is 0 Å². The molecule has 0 spiro atoms. The third-order valence-electron chi connectivity index (χ3n) is 7.70. The molecule has 1 N–H and O–H groups in total. The molecule has 0 aliphatic rings. The van der Waals surface area contributed by atoms with Crippen LogP contribution < -0.4 is 0 Å². The number of carbonyl (C=O) groups is 1. The van der Waals surface area contributed by atoms with Crippen LogP contribution in [0.25, 0.3) is 0 Å². The molecule has 0 aromatic heterocycles. The van der Waals surface area contributed by atoms with Crippen molar-refractivity contribution < 1.29 is 19.4 Å². The zero-order valence-corrected chi connectivity index (χ0v) is 30.5. The minimum atomic E-state index is -0.564. The van der Waals surface area contributed by atoms with Gasteiger partial charge in [0.1, 0.15) is 6.10 Å². The van der Waals surface area contributed by atoms with E-state index in [0.29, 0.717) is 13.0 Å². The minimum absolute atomic E-state index is 0.197. The first-order chi connectivity index (χ1) is 23.2. The van der Waals surface area contributed by atoms with Gasteiger partial charge < -0.3 is 14.6 Å². The van der Waals surface area contributed by atoms with Crippen molar-refractivity contribution in [2.75, 3.05) is 19.8 Å². The molecule has 1 atom stereocenters. The van der Waals surface area contributed by atoms with Crippen molar-refractivity contribution in [2.45, 2.75) is 161 Å². The predicted molar refractivity (Wildman–Crippen MR) is 205 cm³/mol. The Labute approximate surface area is 290 Å². The van der Waals surface area contributed by atoms with Gasteiger partial charge in [-0.05, 0) is 89.9 Å². The molecule has 0 aromatic rings. The summed E-state index contributed by atoms with van der Waals surface area (Å²) >= 11 is 0. The van der Waals surface area contributed by atoms with Crippen LogP contribution in [0.5, 0.6) is 0 Å². The maximum absolute atomic E-state index is 12.2. The monoisotopic (exact) mass is 653 g/mol. The van der Waals surface area contributed by atoms with Crippen molar-refractivity contribution in [3.63, 3.8) is 0 Å². The number of allylic oxidation sites excluding steroid dienone is 14. The largest absolute Gasteiger partial charge is 0.457 e. The highest BCUT2D eigenvalue weighted by molar-refractivity contribution is 5.69. The lowest BCUT2D eigenvalue weighted by Gasteiger charge is -2.15. The van der Waals surface area contributed by atoms with Gasteiger partial charge in [-0.3, -0.25) is 4.79 Å². The van der Waals surface area contributed by atoms with Gasteiger partial charge in [0.25, 0.3) is 0 Å². The van der Waals surface area contributed by atoms with E-state index in [4.69, 9.17) is 9.47 Å². The van der Waals surface area contributed by atoms with Crippen molar-refractivity contribution in [2.24, 2.45) is 0 Å². The van der Waals surface area contributed by atoms with E-state index >= 15 is 0 Å². The highest BCUT2D eigenvalue weighted by Gasteiger charge is 2.13.